The Labute approximate surface area is 336 Å². The quantitative estimate of drug-likeness (QED) is 0.165. The number of allylic oxidation sites excluding steroid dienone is 3. The van der Waals surface area contributed by atoms with Crippen LogP contribution in [-0.2, 0) is 4.79 Å². The zero-order valence-corrected chi connectivity index (χ0v) is 35.2. The second kappa shape index (κ2) is 18.9. The summed E-state index contributed by atoms with van der Waals surface area (Å²) in [5.41, 5.74) is 4.52. The number of aromatic carboxylic acids is 1. The van der Waals surface area contributed by atoms with Crippen LogP contribution in [0, 0.1) is 89.3 Å². The first kappa shape index (κ1) is 45.7. The number of fused-ring (bicyclic) bond motifs is 7. The molecule has 5 heteroatoms. The summed E-state index contributed by atoms with van der Waals surface area (Å²) in [7, 11) is 0. The first-order valence-corrected chi connectivity index (χ1v) is 20.9. The molecule has 55 heavy (non-hydrogen) atoms. The lowest BCUT2D eigenvalue weighted by molar-refractivity contribution is -0.222. The van der Waals surface area contributed by atoms with E-state index < -0.39 is 5.97 Å². The number of likely N-dealkylation sites (tertiary alicyclic amines) is 1. The van der Waals surface area contributed by atoms with Gasteiger partial charge in [0.15, 0.2) is 0 Å². The van der Waals surface area contributed by atoms with Crippen LogP contribution in [0.2, 0.25) is 0 Å². The van der Waals surface area contributed by atoms with Gasteiger partial charge in [0.2, 0.25) is 5.91 Å². The molecule has 8 atom stereocenters. The minimum absolute atomic E-state index is 0.0501. The van der Waals surface area contributed by atoms with Crippen LogP contribution in [-0.4, -0.2) is 48.1 Å². The van der Waals surface area contributed by atoms with Gasteiger partial charge in [0.1, 0.15) is 0 Å². The van der Waals surface area contributed by atoms with Crippen molar-refractivity contribution < 1.29 is 14.7 Å². The third-order valence-electron chi connectivity index (χ3n) is 16.0. The second-order valence-corrected chi connectivity index (χ2v) is 18.4. The highest BCUT2D eigenvalue weighted by atomic mass is 16.4. The maximum absolute atomic E-state index is 12.3. The number of amides is 1. The molecular weight excluding hydrogens is 677 g/mol. The van der Waals surface area contributed by atoms with E-state index in [2.05, 4.69) is 96.0 Å². The van der Waals surface area contributed by atoms with Crippen molar-refractivity contribution in [3.05, 3.63) is 54.1 Å². The standard InChI is InChI=1S/C41H60N2O3.C3H6.3C2H2/c1-37(2)30(28-11-13-29(14-12-28)36(45)46)17-20-38(3)33(37)18-21-40(5)34(38)16-15-31-32-9-8-19-41(32,23-22-39(31,40)4)27-42-24-26-43-25-7-6-10-35(43)44;1-3-2;3*1-2/h11-14,17,31-34,42H,6-10,15-16,18-27H2,1-5H3,(H,45,46);3H,1H2,2H3;3*1-2H/t31-,32?,33?,34?,38+,39-,40-,41-;;;;/m1..../s1. The van der Waals surface area contributed by atoms with Crippen molar-refractivity contribution in [2.75, 3.05) is 26.2 Å². The highest BCUT2D eigenvalue weighted by molar-refractivity contribution is 5.88. The monoisotopic (exact) mass is 749 g/mol. The third kappa shape index (κ3) is 8.24. The Morgan fingerprint density at radius 2 is 1.51 bits per heavy atom. The fourth-order valence-electron chi connectivity index (χ4n) is 13.5. The summed E-state index contributed by atoms with van der Waals surface area (Å²) in [6.07, 6.45) is 44.7. The Hall–Kier alpha value is -3.72. The number of benzene rings is 1. The number of carbonyl (C=O) groups is 2. The van der Waals surface area contributed by atoms with E-state index in [4.69, 9.17) is 0 Å². The Bertz CT molecular complexity index is 1550. The van der Waals surface area contributed by atoms with Gasteiger partial charge in [-0.15, -0.1) is 45.1 Å². The smallest absolute Gasteiger partial charge is 0.335 e. The van der Waals surface area contributed by atoms with Gasteiger partial charge in [-0.3, -0.25) is 4.79 Å². The Morgan fingerprint density at radius 3 is 2.13 bits per heavy atom. The molecule has 5 fully saturated rings. The molecule has 3 unspecified atom stereocenters. The summed E-state index contributed by atoms with van der Waals surface area (Å²) >= 11 is 0. The number of piperidine rings is 1. The lowest BCUT2D eigenvalue weighted by Gasteiger charge is -2.72. The Kier molecular flexibility index (Phi) is 15.7. The van der Waals surface area contributed by atoms with E-state index in [1.165, 1.54) is 68.9 Å². The van der Waals surface area contributed by atoms with Crippen LogP contribution in [0.25, 0.3) is 5.57 Å². The number of rotatable bonds is 7. The summed E-state index contributed by atoms with van der Waals surface area (Å²) < 4.78 is 0. The number of nitrogens with zero attached hydrogens (tertiary/aromatic N) is 1. The summed E-state index contributed by atoms with van der Waals surface area (Å²) in [5, 5.41) is 13.4. The van der Waals surface area contributed by atoms with E-state index in [1.54, 1.807) is 18.2 Å². The molecule has 1 amide bonds. The van der Waals surface area contributed by atoms with Crippen LogP contribution in [0.3, 0.4) is 0 Å². The van der Waals surface area contributed by atoms with E-state index in [0.29, 0.717) is 33.6 Å². The third-order valence-corrected chi connectivity index (χ3v) is 16.0. The van der Waals surface area contributed by atoms with Crippen LogP contribution in [0.1, 0.15) is 141 Å². The van der Waals surface area contributed by atoms with Crippen molar-refractivity contribution in [1.29, 1.82) is 0 Å². The molecule has 1 aromatic carbocycles. The van der Waals surface area contributed by atoms with Gasteiger partial charge >= 0.3 is 5.97 Å². The van der Waals surface area contributed by atoms with Gasteiger partial charge in [-0.2, -0.15) is 0 Å². The largest absolute Gasteiger partial charge is 0.478 e. The number of nitrogens with one attached hydrogen (secondary N) is 1. The van der Waals surface area contributed by atoms with Crippen molar-refractivity contribution in [2.24, 2.45) is 50.7 Å². The Morgan fingerprint density at radius 1 is 0.855 bits per heavy atom. The number of carboxylic acid groups (broad SMARTS) is 1. The highest BCUT2D eigenvalue weighted by Gasteiger charge is 2.69. The lowest BCUT2D eigenvalue weighted by Crippen LogP contribution is -2.65. The van der Waals surface area contributed by atoms with Crippen molar-refractivity contribution >= 4 is 17.4 Å². The highest BCUT2D eigenvalue weighted by Crippen LogP contribution is 2.77. The van der Waals surface area contributed by atoms with Gasteiger partial charge in [0.05, 0.1) is 5.56 Å². The summed E-state index contributed by atoms with van der Waals surface area (Å²) in [5.74, 6) is 2.52. The van der Waals surface area contributed by atoms with E-state index in [9.17, 15) is 14.7 Å². The van der Waals surface area contributed by atoms with E-state index in [1.807, 2.05) is 19.1 Å². The van der Waals surface area contributed by atoms with Gasteiger partial charge in [-0.25, -0.2) is 4.79 Å². The van der Waals surface area contributed by atoms with Crippen LogP contribution in [0.5, 0.6) is 0 Å². The van der Waals surface area contributed by atoms with Crippen LogP contribution in [0.4, 0.5) is 0 Å². The fourth-order valence-corrected chi connectivity index (χ4v) is 13.5. The Balaban J connectivity index is 0.000000837. The van der Waals surface area contributed by atoms with Crippen molar-refractivity contribution in [3.8, 4) is 38.5 Å². The summed E-state index contributed by atoms with van der Waals surface area (Å²) in [4.78, 5) is 25.9. The molecule has 1 saturated heterocycles. The molecule has 1 heterocycles. The predicted molar refractivity (Wildman–Crippen MR) is 231 cm³/mol. The van der Waals surface area contributed by atoms with Crippen molar-refractivity contribution in [2.45, 2.75) is 125 Å². The fraction of sp³-hybridized carbons (Fsp3) is 0.640. The van der Waals surface area contributed by atoms with Gasteiger partial charge in [-0.05, 0) is 152 Å². The van der Waals surface area contributed by atoms with Gasteiger partial charge in [0.25, 0.3) is 0 Å². The molecule has 5 nitrogen and oxygen atoms in total. The molecular formula is C50H72N2O3. The number of hydrogen-bond donors (Lipinski definition) is 2. The van der Waals surface area contributed by atoms with Crippen LogP contribution >= 0.6 is 0 Å². The minimum atomic E-state index is -0.856. The zero-order valence-electron chi connectivity index (χ0n) is 35.2. The molecule has 0 bridgehead atoms. The van der Waals surface area contributed by atoms with E-state index in [-0.39, 0.29) is 10.8 Å². The molecule has 5 aliphatic carbocycles. The molecule has 300 valence electrons. The average molecular weight is 749 g/mol. The molecule has 7 rings (SSSR count). The van der Waals surface area contributed by atoms with E-state index in [0.717, 1.165) is 69.6 Å². The summed E-state index contributed by atoms with van der Waals surface area (Å²) in [6.45, 7) is 22.2. The molecule has 0 spiro atoms. The number of carboxylic acids is 1. The number of hydrogen-bond acceptors (Lipinski definition) is 3. The van der Waals surface area contributed by atoms with Gasteiger partial charge in [0, 0.05) is 32.6 Å². The molecule has 4 saturated carbocycles. The van der Waals surface area contributed by atoms with Gasteiger partial charge < -0.3 is 15.3 Å². The average Bonchev–Trinajstić information content (AvgIpc) is 3.61. The maximum atomic E-state index is 12.3. The van der Waals surface area contributed by atoms with Crippen molar-refractivity contribution in [1.82, 2.24) is 10.2 Å². The molecule has 1 aliphatic heterocycles. The molecule has 0 aromatic heterocycles. The van der Waals surface area contributed by atoms with Gasteiger partial charge in [-0.1, -0.05) is 65.3 Å². The molecule has 2 N–H and O–H groups in total. The second-order valence-electron chi connectivity index (χ2n) is 18.4. The molecule has 6 aliphatic rings. The number of terminal acetylenes is 3. The molecule has 0 radical (unpaired) electrons. The predicted octanol–water partition coefficient (Wildman–Crippen LogP) is 10.8. The zero-order chi connectivity index (χ0) is 41.2. The normalized spacial score (nSPS) is 35.1. The minimum Gasteiger partial charge on any atom is -0.478 e. The molecule has 1 aromatic rings. The van der Waals surface area contributed by atoms with Crippen LogP contribution < -0.4 is 5.32 Å². The van der Waals surface area contributed by atoms with Crippen molar-refractivity contribution in [3.63, 3.8) is 0 Å². The SMILES string of the molecule is C#C.C#C.C#C.C=CC.CC1(C)C(c2ccc(C(=O)O)cc2)=CC[C@@]2(C)C1CC[C@]1(C)C2CC[C@@H]2C3CCC[C@]3(CNCCN3CCCCC3=O)CC[C@]21C. The maximum Gasteiger partial charge on any atom is 0.335 e. The van der Waals surface area contributed by atoms with Crippen LogP contribution in [0.15, 0.2) is 43.0 Å². The van der Waals surface area contributed by atoms with E-state index >= 15 is 0 Å². The first-order chi connectivity index (χ1) is 26.3. The summed E-state index contributed by atoms with van der Waals surface area (Å²) in [6, 6.07) is 7.63. The first-order valence-electron chi connectivity index (χ1n) is 20.9. The lowest BCUT2D eigenvalue weighted by atomic mass is 9.32. The topological polar surface area (TPSA) is 69.6 Å². The number of carbonyl (C=O) groups excluding carboxylic acids is 1.